The van der Waals surface area contributed by atoms with Crippen LogP contribution in [-0.2, 0) is 16.0 Å². The van der Waals surface area contributed by atoms with Crippen molar-refractivity contribution in [2.75, 3.05) is 6.61 Å². The van der Waals surface area contributed by atoms with Gasteiger partial charge in [-0.3, -0.25) is 14.9 Å². The second-order valence-corrected chi connectivity index (χ2v) is 5.38. The molecule has 0 saturated heterocycles. The first-order valence-corrected chi connectivity index (χ1v) is 8.00. The van der Waals surface area contributed by atoms with Crippen molar-refractivity contribution in [1.82, 2.24) is 14.8 Å². The molecular weight excluding hydrogens is 336 g/mol. The monoisotopic (exact) mass is 352 g/mol. The third-order valence-corrected chi connectivity index (χ3v) is 3.62. The summed E-state index contributed by atoms with van der Waals surface area (Å²) >= 11 is 0. The van der Waals surface area contributed by atoms with E-state index in [4.69, 9.17) is 4.74 Å². The SMILES string of the molecule is CCOC(=O)Cc1nc(-c2ccccc2)nn1-c1ccc([N+](=O)[O-])cc1. The van der Waals surface area contributed by atoms with Gasteiger partial charge in [0.2, 0.25) is 0 Å². The summed E-state index contributed by atoms with van der Waals surface area (Å²) in [5, 5.41) is 15.3. The number of hydrogen-bond donors (Lipinski definition) is 0. The number of non-ortho nitro benzene ring substituents is 1. The largest absolute Gasteiger partial charge is 0.466 e. The van der Waals surface area contributed by atoms with Gasteiger partial charge in [-0.15, -0.1) is 5.10 Å². The Bertz CT molecular complexity index is 920. The molecule has 1 aromatic heterocycles. The predicted octanol–water partition coefficient (Wildman–Crippen LogP) is 2.95. The van der Waals surface area contributed by atoms with Gasteiger partial charge >= 0.3 is 5.97 Å². The van der Waals surface area contributed by atoms with Crippen molar-refractivity contribution in [3.63, 3.8) is 0 Å². The van der Waals surface area contributed by atoms with E-state index in [9.17, 15) is 14.9 Å². The molecular formula is C18H16N4O4. The van der Waals surface area contributed by atoms with Gasteiger partial charge in [0.1, 0.15) is 12.2 Å². The molecule has 0 aliphatic carbocycles. The topological polar surface area (TPSA) is 100 Å². The fourth-order valence-corrected chi connectivity index (χ4v) is 2.43. The number of hydrogen-bond acceptors (Lipinski definition) is 6. The van der Waals surface area contributed by atoms with E-state index in [2.05, 4.69) is 10.1 Å². The summed E-state index contributed by atoms with van der Waals surface area (Å²) < 4.78 is 6.50. The molecule has 0 spiro atoms. The van der Waals surface area contributed by atoms with E-state index in [0.717, 1.165) is 5.56 Å². The summed E-state index contributed by atoms with van der Waals surface area (Å²) in [6, 6.07) is 15.2. The van der Waals surface area contributed by atoms with Gasteiger partial charge in [-0.05, 0) is 19.1 Å². The van der Waals surface area contributed by atoms with Crippen molar-refractivity contribution < 1.29 is 14.5 Å². The van der Waals surface area contributed by atoms with Gasteiger partial charge in [-0.1, -0.05) is 30.3 Å². The van der Waals surface area contributed by atoms with Gasteiger partial charge in [0, 0.05) is 17.7 Å². The molecule has 0 amide bonds. The van der Waals surface area contributed by atoms with Crippen LogP contribution in [0, 0.1) is 10.1 Å². The van der Waals surface area contributed by atoms with Crippen molar-refractivity contribution in [2.24, 2.45) is 0 Å². The third-order valence-electron chi connectivity index (χ3n) is 3.62. The van der Waals surface area contributed by atoms with Crippen molar-refractivity contribution in [3.05, 3.63) is 70.5 Å². The number of esters is 1. The Balaban J connectivity index is 2.02. The number of ether oxygens (including phenoxy) is 1. The van der Waals surface area contributed by atoms with Crippen LogP contribution in [0.25, 0.3) is 17.1 Å². The molecule has 0 aliphatic rings. The molecule has 0 fully saturated rings. The van der Waals surface area contributed by atoms with Crippen molar-refractivity contribution in [2.45, 2.75) is 13.3 Å². The molecule has 0 N–H and O–H groups in total. The molecule has 3 aromatic rings. The summed E-state index contributed by atoms with van der Waals surface area (Å²) in [5.74, 6) is 0.446. The molecule has 0 saturated carbocycles. The Morgan fingerprint density at radius 2 is 1.85 bits per heavy atom. The first-order valence-electron chi connectivity index (χ1n) is 8.00. The van der Waals surface area contributed by atoms with Crippen LogP contribution in [0.15, 0.2) is 54.6 Å². The number of benzene rings is 2. The highest BCUT2D eigenvalue weighted by molar-refractivity contribution is 5.72. The summed E-state index contributed by atoms with van der Waals surface area (Å²) in [6.45, 7) is 2.00. The van der Waals surface area contributed by atoms with E-state index in [1.165, 1.54) is 16.8 Å². The zero-order valence-electron chi connectivity index (χ0n) is 14.0. The van der Waals surface area contributed by atoms with Crippen molar-refractivity contribution >= 4 is 11.7 Å². The van der Waals surface area contributed by atoms with Crippen LogP contribution in [0.2, 0.25) is 0 Å². The molecule has 132 valence electrons. The van der Waals surface area contributed by atoms with Crippen molar-refractivity contribution in [1.29, 1.82) is 0 Å². The first-order chi connectivity index (χ1) is 12.6. The number of nitro groups is 1. The Kier molecular flexibility index (Phi) is 5.02. The van der Waals surface area contributed by atoms with Gasteiger partial charge in [0.15, 0.2) is 5.82 Å². The van der Waals surface area contributed by atoms with Gasteiger partial charge in [-0.25, -0.2) is 9.67 Å². The van der Waals surface area contributed by atoms with Gasteiger partial charge < -0.3 is 4.74 Å². The minimum absolute atomic E-state index is 0.0240. The first kappa shape index (κ1) is 17.3. The zero-order chi connectivity index (χ0) is 18.5. The second-order valence-electron chi connectivity index (χ2n) is 5.38. The summed E-state index contributed by atoms with van der Waals surface area (Å²) in [4.78, 5) is 26.7. The van der Waals surface area contributed by atoms with Crippen LogP contribution < -0.4 is 0 Å². The van der Waals surface area contributed by atoms with E-state index < -0.39 is 10.9 Å². The maximum absolute atomic E-state index is 11.9. The average molecular weight is 352 g/mol. The van der Waals surface area contributed by atoms with E-state index >= 15 is 0 Å². The van der Waals surface area contributed by atoms with Gasteiger partial charge in [0.25, 0.3) is 5.69 Å². The summed E-state index contributed by atoms with van der Waals surface area (Å²) in [5.41, 5.74) is 1.35. The molecule has 0 unspecified atom stereocenters. The number of carbonyl (C=O) groups is 1. The molecule has 0 aliphatic heterocycles. The lowest BCUT2D eigenvalue weighted by atomic mass is 10.2. The highest BCUT2D eigenvalue weighted by Crippen LogP contribution is 2.20. The molecule has 0 atom stereocenters. The highest BCUT2D eigenvalue weighted by Gasteiger charge is 2.17. The maximum Gasteiger partial charge on any atom is 0.313 e. The maximum atomic E-state index is 11.9. The molecule has 3 rings (SSSR count). The molecule has 8 nitrogen and oxygen atoms in total. The average Bonchev–Trinajstić information content (AvgIpc) is 3.06. The second kappa shape index (κ2) is 7.56. The molecule has 8 heteroatoms. The van der Waals surface area contributed by atoms with E-state index in [0.29, 0.717) is 17.3 Å². The van der Waals surface area contributed by atoms with Crippen LogP contribution in [0.5, 0.6) is 0 Å². The fourth-order valence-electron chi connectivity index (χ4n) is 2.43. The smallest absolute Gasteiger partial charge is 0.313 e. The molecule has 1 heterocycles. The predicted molar refractivity (Wildman–Crippen MR) is 93.8 cm³/mol. The van der Waals surface area contributed by atoms with E-state index in [1.807, 2.05) is 30.3 Å². The minimum Gasteiger partial charge on any atom is -0.466 e. The zero-order valence-corrected chi connectivity index (χ0v) is 14.0. The Labute approximate surface area is 149 Å². The van der Waals surface area contributed by atoms with Crippen LogP contribution in [-0.4, -0.2) is 32.3 Å². The van der Waals surface area contributed by atoms with Crippen LogP contribution in [0.4, 0.5) is 5.69 Å². The number of nitro benzene ring substituents is 1. The normalized spacial score (nSPS) is 10.5. The lowest BCUT2D eigenvalue weighted by molar-refractivity contribution is -0.384. The van der Waals surface area contributed by atoms with Crippen molar-refractivity contribution in [3.8, 4) is 17.1 Å². The van der Waals surface area contributed by atoms with E-state index in [1.54, 1.807) is 19.1 Å². The fraction of sp³-hybridized carbons (Fsp3) is 0.167. The van der Waals surface area contributed by atoms with Gasteiger partial charge in [0.05, 0.1) is 17.2 Å². The molecule has 0 radical (unpaired) electrons. The Morgan fingerprint density at radius 3 is 2.46 bits per heavy atom. The van der Waals surface area contributed by atoms with Crippen LogP contribution in [0.1, 0.15) is 12.7 Å². The number of nitrogens with zero attached hydrogens (tertiary/aromatic N) is 4. The number of carbonyl (C=O) groups excluding carboxylic acids is 1. The van der Waals surface area contributed by atoms with E-state index in [-0.39, 0.29) is 18.7 Å². The minimum atomic E-state index is -0.472. The van der Waals surface area contributed by atoms with Crippen LogP contribution >= 0.6 is 0 Å². The molecule has 2 aromatic carbocycles. The van der Waals surface area contributed by atoms with Gasteiger partial charge in [-0.2, -0.15) is 0 Å². The third kappa shape index (κ3) is 3.75. The Morgan fingerprint density at radius 1 is 1.15 bits per heavy atom. The summed E-state index contributed by atoms with van der Waals surface area (Å²) in [6.07, 6.45) is -0.0509. The lowest BCUT2D eigenvalue weighted by Gasteiger charge is -2.05. The summed E-state index contributed by atoms with van der Waals surface area (Å²) in [7, 11) is 0. The van der Waals surface area contributed by atoms with Crippen LogP contribution in [0.3, 0.4) is 0 Å². The number of rotatable bonds is 6. The molecule has 0 bridgehead atoms. The quantitative estimate of drug-likeness (QED) is 0.384. The number of aromatic nitrogens is 3. The Hall–Kier alpha value is -3.55. The standard InChI is InChI=1S/C18H16N4O4/c1-2-26-17(23)12-16-19-18(13-6-4-3-5-7-13)20-21(16)14-8-10-15(11-9-14)22(24)25/h3-11H,2,12H2,1H3. The molecule has 26 heavy (non-hydrogen) atoms. The lowest BCUT2D eigenvalue weighted by Crippen LogP contribution is -2.12. The highest BCUT2D eigenvalue weighted by atomic mass is 16.6.